The van der Waals surface area contributed by atoms with Crippen molar-refractivity contribution in [2.45, 2.75) is 25.7 Å². The number of hydrogen-bond donors (Lipinski definition) is 3. The summed E-state index contributed by atoms with van der Waals surface area (Å²) in [6, 6.07) is 7.85. The van der Waals surface area contributed by atoms with E-state index in [1.54, 1.807) is 0 Å². The minimum Gasteiger partial charge on any atom is -0.465 e. The number of amides is 1. The van der Waals surface area contributed by atoms with E-state index in [1.807, 2.05) is 24.3 Å². The molecular weight excluding hydrogens is 204 g/mol. The van der Waals surface area contributed by atoms with Crippen LogP contribution in [0, 0.1) is 0 Å². The first-order valence-corrected chi connectivity index (χ1v) is 5.50. The van der Waals surface area contributed by atoms with Crippen molar-refractivity contribution >= 4 is 11.8 Å². The normalized spacial score (nSPS) is 10.0. The van der Waals surface area contributed by atoms with Crippen LogP contribution in [-0.4, -0.2) is 17.7 Å². The Bertz CT molecular complexity index is 340. The highest BCUT2D eigenvalue weighted by Crippen LogP contribution is 2.13. The zero-order chi connectivity index (χ0) is 11.8. The van der Waals surface area contributed by atoms with Gasteiger partial charge in [0.1, 0.15) is 0 Å². The highest BCUT2D eigenvalue weighted by atomic mass is 16.4. The molecule has 1 rings (SSSR count). The van der Waals surface area contributed by atoms with Crippen LogP contribution in [0.4, 0.5) is 10.5 Å². The maximum Gasteiger partial charge on any atom is 0.404 e. The van der Waals surface area contributed by atoms with Gasteiger partial charge in [0.05, 0.1) is 0 Å². The Labute approximate surface area is 95.5 Å². The van der Waals surface area contributed by atoms with Crippen molar-refractivity contribution < 1.29 is 9.90 Å². The van der Waals surface area contributed by atoms with Crippen LogP contribution >= 0.6 is 0 Å². The van der Waals surface area contributed by atoms with Crippen LogP contribution in [0.2, 0.25) is 0 Å². The molecule has 0 radical (unpaired) electrons. The van der Waals surface area contributed by atoms with E-state index < -0.39 is 6.09 Å². The number of hydrogen-bond acceptors (Lipinski definition) is 2. The molecule has 0 fully saturated rings. The third-order valence-corrected chi connectivity index (χ3v) is 2.45. The van der Waals surface area contributed by atoms with Crippen LogP contribution in [0.1, 0.15) is 24.8 Å². The Morgan fingerprint density at radius 3 is 2.69 bits per heavy atom. The van der Waals surface area contributed by atoms with Crippen molar-refractivity contribution in [2.75, 3.05) is 12.3 Å². The number of nitrogen functional groups attached to an aromatic ring is 1. The number of benzene rings is 1. The molecule has 0 saturated carbocycles. The van der Waals surface area contributed by atoms with Gasteiger partial charge >= 0.3 is 6.09 Å². The van der Waals surface area contributed by atoms with Crippen molar-refractivity contribution in [1.29, 1.82) is 0 Å². The summed E-state index contributed by atoms with van der Waals surface area (Å²) in [6.07, 6.45) is 2.93. The molecule has 4 heteroatoms. The Morgan fingerprint density at radius 1 is 1.25 bits per heavy atom. The van der Waals surface area contributed by atoms with Crippen LogP contribution in [-0.2, 0) is 6.42 Å². The summed E-state index contributed by atoms with van der Waals surface area (Å²) < 4.78 is 0. The van der Waals surface area contributed by atoms with E-state index in [4.69, 9.17) is 10.8 Å². The molecule has 0 heterocycles. The third-order valence-electron chi connectivity index (χ3n) is 2.45. The fraction of sp³-hybridized carbons (Fsp3) is 0.417. The lowest BCUT2D eigenvalue weighted by molar-refractivity contribution is 0.194. The summed E-state index contributed by atoms with van der Waals surface area (Å²) in [4.78, 5) is 10.2. The van der Waals surface area contributed by atoms with Gasteiger partial charge < -0.3 is 16.2 Å². The molecule has 0 aliphatic heterocycles. The maximum absolute atomic E-state index is 10.2. The van der Waals surface area contributed by atoms with Gasteiger partial charge in [-0.1, -0.05) is 24.6 Å². The molecule has 0 aliphatic carbocycles. The van der Waals surface area contributed by atoms with Gasteiger partial charge in [-0.05, 0) is 30.9 Å². The Balaban J connectivity index is 2.12. The van der Waals surface area contributed by atoms with Crippen LogP contribution < -0.4 is 11.1 Å². The van der Waals surface area contributed by atoms with Gasteiger partial charge in [-0.2, -0.15) is 0 Å². The molecule has 0 unspecified atom stereocenters. The SMILES string of the molecule is Nc1ccccc1CCCCCNC(=O)O. The van der Waals surface area contributed by atoms with E-state index in [1.165, 1.54) is 5.56 Å². The topological polar surface area (TPSA) is 75.3 Å². The van der Waals surface area contributed by atoms with Crippen LogP contribution in [0.5, 0.6) is 0 Å². The van der Waals surface area contributed by atoms with E-state index >= 15 is 0 Å². The van der Waals surface area contributed by atoms with Crippen molar-refractivity contribution in [3.05, 3.63) is 29.8 Å². The fourth-order valence-corrected chi connectivity index (χ4v) is 1.57. The Hall–Kier alpha value is -1.71. The number of rotatable bonds is 6. The van der Waals surface area contributed by atoms with Gasteiger partial charge in [-0.15, -0.1) is 0 Å². The van der Waals surface area contributed by atoms with E-state index in [9.17, 15) is 4.79 Å². The smallest absolute Gasteiger partial charge is 0.404 e. The van der Waals surface area contributed by atoms with Crippen molar-refractivity contribution in [3.8, 4) is 0 Å². The second kappa shape index (κ2) is 6.71. The minimum atomic E-state index is -0.952. The highest BCUT2D eigenvalue weighted by molar-refractivity contribution is 5.64. The number of nitrogens with one attached hydrogen (secondary N) is 1. The molecule has 4 nitrogen and oxygen atoms in total. The predicted octanol–water partition coefficient (Wildman–Crippen LogP) is 2.25. The van der Waals surface area contributed by atoms with Crippen LogP contribution in [0.25, 0.3) is 0 Å². The van der Waals surface area contributed by atoms with Crippen LogP contribution in [0.15, 0.2) is 24.3 Å². The third kappa shape index (κ3) is 4.68. The van der Waals surface area contributed by atoms with E-state index in [0.717, 1.165) is 31.4 Å². The molecule has 0 atom stereocenters. The summed E-state index contributed by atoms with van der Waals surface area (Å²) in [5.41, 5.74) is 7.82. The monoisotopic (exact) mass is 222 g/mol. The predicted molar refractivity (Wildman–Crippen MR) is 64.4 cm³/mol. The molecule has 1 aromatic rings. The van der Waals surface area contributed by atoms with Gasteiger partial charge in [-0.3, -0.25) is 0 Å². The van der Waals surface area contributed by atoms with Crippen molar-refractivity contribution in [2.24, 2.45) is 0 Å². The first-order chi connectivity index (χ1) is 7.70. The summed E-state index contributed by atoms with van der Waals surface area (Å²) >= 11 is 0. The molecule has 16 heavy (non-hydrogen) atoms. The van der Waals surface area contributed by atoms with E-state index in [0.29, 0.717) is 6.54 Å². The molecule has 0 saturated heterocycles. The average molecular weight is 222 g/mol. The summed E-state index contributed by atoms with van der Waals surface area (Å²) in [6.45, 7) is 0.527. The minimum absolute atomic E-state index is 0.527. The lowest BCUT2D eigenvalue weighted by atomic mass is 10.1. The Morgan fingerprint density at radius 2 is 2.00 bits per heavy atom. The molecule has 1 aromatic carbocycles. The molecule has 4 N–H and O–H groups in total. The molecule has 0 spiro atoms. The molecule has 0 aromatic heterocycles. The summed E-state index contributed by atoms with van der Waals surface area (Å²) in [5.74, 6) is 0. The first kappa shape index (κ1) is 12.4. The van der Waals surface area contributed by atoms with Crippen molar-refractivity contribution in [3.63, 3.8) is 0 Å². The van der Waals surface area contributed by atoms with Gasteiger partial charge in [0.15, 0.2) is 0 Å². The second-order valence-electron chi connectivity index (χ2n) is 3.74. The molecule has 88 valence electrons. The highest BCUT2D eigenvalue weighted by Gasteiger charge is 1.98. The first-order valence-electron chi connectivity index (χ1n) is 5.50. The van der Waals surface area contributed by atoms with Gasteiger partial charge in [0.2, 0.25) is 0 Å². The standard InChI is InChI=1S/C12H18N2O2/c13-11-8-4-3-7-10(11)6-2-1-5-9-14-12(15)16/h3-4,7-8,14H,1-2,5-6,9,13H2,(H,15,16). The zero-order valence-electron chi connectivity index (χ0n) is 9.28. The number of carbonyl (C=O) groups is 1. The van der Waals surface area contributed by atoms with E-state index in [2.05, 4.69) is 5.32 Å². The number of para-hydroxylation sites is 1. The largest absolute Gasteiger partial charge is 0.465 e. The number of aryl methyl sites for hydroxylation is 1. The quantitative estimate of drug-likeness (QED) is 0.510. The molecule has 0 aliphatic rings. The Kier molecular flexibility index (Phi) is 5.19. The molecular formula is C12H18N2O2. The second-order valence-corrected chi connectivity index (χ2v) is 3.74. The number of carboxylic acid groups (broad SMARTS) is 1. The number of nitrogens with two attached hydrogens (primary N) is 1. The van der Waals surface area contributed by atoms with Crippen molar-refractivity contribution in [1.82, 2.24) is 5.32 Å². The van der Waals surface area contributed by atoms with Crippen LogP contribution in [0.3, 0.4) is 0 Å². The van der Waals surface area contributed by atoms with Gasteiger partial charge in [-0.25, -0.2) is 4.79 Å². The van der Waals surface area contributed by atoms with E-state index in [-0.39, 0.29) is 0 Å². The molecule has 1 amide bonds. The van der Waals surface area contributed by atoms with Gasteiger partial charge in [0, 0.05) is 12.2 Å². The lowest BCUT2D eigenvalue weighted by Gasteiger charge is -2.05. The molecule has 0 bridgehead atoms. The lowest BCUT2D eigenvalue weighted by Crippen LogP contribution is -2.21. The number of unbranched alkanes of at least 4 members (excludes halogenated alkanes) is 2. The number of anilines is 1. The maximum atomic E-state index is 10.2. The zero-order valence-corrected chi connectivity index (χ0v) is 9.28. The summed E-state index contributed by atoms with van der Waals surface area (Å²) in [5, 5.41) is 10.7. The van der Waals surface area contributed by atoms with Gasteiger partial charge in [0.25, 0.3) is 0 Å². The average Bonchev–Trinajstić information content (AvgIpc) is 2.25. The fourth-order valence-electron chi connectivity index (χ4n) is 1.57. The summed E-state index contributed by atoms with van der Waals surface area (Å²) in [7, 11) is 0.